The summed E-state index contributed by atoms with van der Waals surface area (Å²) in [5.41, 5.74) is 1.61. The lowest BCUT2D eigenvalue weighted by Crippen LogP contribution is -2.09. The molecule has 0 heterocycles. The van der Waals surface area contributed by atoms with Gasteiger partial charge in [-0.25, -0.2) is 4.79 Å². The van der Waals surface area contributed by atoms with Gasteiger partial charge in [-0.05, 0) is 35.9 Å². The normalized spacial score (nSPS) is 10.6. The third-order valence-corrected chi connectivity index (χ3v) is 4.30. The van der Waals surface area contributed by atoms with Crippen LogP contribution in [0, 0.1) is 0 Å². The van der Waals surface area contributed by atoms with E-state index in [1.165, 1.54) is 13.2 Å². The van der Waals surface area contributed by atoms with Gasteiger partial charge >= 0.3 is 5.97 Å². The van der Waals surface area contributed by atoms with Crippen molar-refractivity contribution >= 4 is 29.4 Å². The third kappa shape index (κ3) is 4.67. The average molecular weight is 393 g/mol. The van der Waals surface area contributed by atoms with Gasteiger partial charge in [-0.1, -0.05) is 66.2 Å². The summed E-state index contributed by atoms with van der Waals surface area (Å²) in [6, 6.07) is 20.7. The van der Waals surface area contributed by atoms with Gasteiger partial charge in [-0.2, -0.15) is 0 Å². The van der Waals surface area contributed by atoms with Crippen LogP contribution in [-0.2, 0) is 0 Å². The number of allylic oxidation sites excluding steroid dienone is 1. The molecular weight excluding hydrogens is 376 g/mol. The van der Waals surface area contributed by atoms with E-state index < -0.39 is 5.97 Å². The second kappa shape index (κ2) is 9.02. The highest BCUT2D eigenvalue weighted by Crippen LogP contribution is 2.30. The fourth-order valence-corrected chi connectivity index (χ4v) is 2.74. The Labute approximate surface area is 168 Å². The first-order chi connectivity index (χ1) is 13.6. The van der Waals surface area contributed by atoms with E-state index in [-0.39, 0.29) is 17.1 Å². The molecule has 3 rings (SSSR count). The third-order valence-electron chi connectivity index (χ3n) is 3.97. The largest absolute Gasteiger partial charge is 0.493 e. The fraction of sp³-hybridized carbons (Fsp3) is 0.0435. The predicted octanol–water partition coefficient (Wildman–Crippen LogP) is 5.46. The Balaban J connectivity index is 1.77. The summed E-state index contributed by atoms with van der Waals surface area (Å²) in [6.07, 6.45) is 3.16. The van der Waals surface area contributed by atoms with Gasteiger partial charge in [-0.3, -0.25) is 4.79 Å². The number of carbonyl (C=O) groups is 2. The number of ether oxygens (including phenoxy) is 2. The summed E-state index contributed by atoms with van der Waals surface area (Å²) in [5, 5.41) is 0.311. The van der Waals surface area contributed by atoms with Crippen molar-refractivity contribution in [1.82, 2.24) is 0 Å². The highest BCUT2D eigenvalue weighted by atomic mass is 35.5. The van der Waals surface area contributed by atoms with Crippen LogP contribution >= 0.6 is 11.6 Å². The van der Waals surface area contributed by atoms with Crippen LogP contribution in [0.4, 0.5) is 0 Å². The molecule has 0 radical (unpaired) electrons. The molecule has 4 nitrogen and oxygen atoms in total. The highest BCUT2D eigenvalue weighted by Gasteiger charge is 2.15. The number of hydrogen-bond acceptors (Lipinski definition) is 4. The molecule has 0 bridgehead atoms. The van der Waals surface area contributed by atoms with Crippen LogP contribution in [0.15, 0.2) is 78.9 Å². The fourth-order valence-electron chi connectivity index (χ4n) is 2.52. The molecule has 0 aromatic heterocycles. The number of halogens is 1. The molecule has 0 unspecified atom stereocenters. The van der Waals surface area contributed by atoms with E-state index in [9.17, 15) is 9.59 Å². The lowest BCUT2D eigenvalue weighted by atomic mass is 10.1. The first kappa shape index (κ1) is 19.4. The quantitative estimate of drug-likeness (QED) is 0.242. The molecule has 0 amide bonds. The van der Waals surface area contributed by atoms with Crippen molar-refractivity contribution in [2.75, 3.05) is 7.11 Å². The van der Waals surface area contributed by atoms with Gasteiger partial charge in [-0.15, -0.1) is 0 Å². The van der Waals surface area contributed by atoms with E-state index in [0.717, 1.165) is 5.56 Å². The Hall–Kier alpha value is -3.37. The number of rotatable bonds is 6. The van der Waals surface area contributed by atoms with E-state index >= 15 is 0 Å². The zero-order valence-electron chi connectivity index (χ0n) is 15.1. The topological polar surface area (TPSA) is 52.6 Å². The van der Waals surface area contributed by atoms with Crippen LogP contribution in [0.3, 0.4) is 0 Å². The van der Waals surface area contributed by atoms with Gasteiger partial charge in [0.15, 0.2) is 17.3 Å². The molecule has 0 aliphatic carbocycles. The van der Waals surface area contributed by atoms with Crippen LogP contribution < -0.4 is 9.47 Å². The number of esters is 1. The Morgan fingerprint density at radius 2 is 1.61 bits per heavy atom. The van der Waals surface area contributed by atoms with Crippen molar-refractivity contribution in [1.29, 1.82) is 0 Å². The molecule has 0 spiro atoms. The smallest absolute Gasteiger partial charge is 0.345 e. The molecule has 5 heteroatoms. The summed E-state index contributed by atoms with van der Waals surface area (Å²) >= 11 is 6.03. The summed E-state index contributed by atoms with van der Waals surface area (Å²) in [4.78, 5) is 24.5. The van der Waals surface area contributed by atoms with Gasteiger partial charge in [0.1, 0.15) is 0 Å². The number of benzene rings is 3. The zero-order chi connectivity index (χ0) is 19.9. The van der Waals surface area contributed by atoms with Crippen molar-refractivity contribution in [2.45, 2.75) is 0 Å². The molecule has 0 N–H and O–H groups in total. The Morgan fingerprint density at radius 3 is 2.32 bits per heavy atom. The van der Waals surface area contributed by atoms with Crippen molar-refractivity contribution < 1.29 is 19.1 Å². The molecule has 0 aliphatic rings. The van der Waals surface area contributed by atoms with Crippen molar-refractivity contribution in [3.05, 3.63) is 101 Å². The molecule has 3 aromatic rings. The number of carbonyl (C=O) groups excluding carboxylic acids is 2. The van der Waals surface area contributed by atoms with Crippen LogP contribution in [0.1, 0.15) is 26.3 Å². The second-order valence-electron chi connectivity index (χ2n) is 5.84. The van der Waals surface area contributed by atoms with Crippen molar-refractivity contribution in [3.8, 4) is 11.5 Å². The number of methoxy groups -OCH3 is 1. The van der Waals surface area contributed by atoms with E-state index in [0.29, 0.717) is 16.3 Å². The van der Waals surface area contributed by atoms with E-state index in [2.05, 4.69) is 0 Å². The minimum atomic E-state index is -0.577. The highest BCUT2D eigenvalue weighted by molar-refractivity contribution is 6.33. The standard InChI is InChI=1S/C23H17ClO4/c1-27-22-15-16(11-13-20(25)17-7-3-2-4-8-17)12-14-21(22)28-23(26)18-9-5-6-10-19(18)24/h2-15H,1H3. The molecule has 0 saturated carbocycles. The van der Waals surface area contributed by atoms with E-state index in [1.807, 2.05) is 18.2 Å². The van der Waals surface area contributed by atoms with E-state index in [1.54, 1.807) is 60.7 Å². The SMILES string of the molecule is COc1cc(C=CC(=O)c2ccccc2)ccc1OC(=O)c1ccccc1Cl. The van der Waals surface area contributed by atoms with Gasteiger partial charge in [0.2, 0.25) is 0 Å². The number of hydrogen-bond donors (Lipinski definition) is 0. The Kier molecular flexibility index (Phi) is 6.25. The van der Waals surface area contributed by atoms with Crippen molar-refractivity contribution in [2.24, 2.45) is 0 Å². The maximum atomic E-state index is 12.3. The maximum absolute atomic E-state index is 12.3. The van der Waals surface area contributed by atoms with Crippen LogP contribution in [0.2, 0.25) is 5.02 Å². The van der Waals surface area contributed by atoms with Crippen LogP contribution in [0.25, 0.3) is 6.08 Å². The average Bonchev–Trinajstić information content (AvgIpc) is 2.73. The molecule has 0 aliphatic heterocycles. The molecule has 3 aromatic carbocycles. The summed E-state index contributed by atoms with van der Waals surface area (Å²) in [7, 11) is 1.48. The molecule has 0 saturated heterocycles. The lowest BCUT2D eigenvalue weighted by molar-refractivity contribution is 0.0729. The first-order valence-corrected chi connectivity index (χ1v) is 8.88. The Bertz CT molecular complexity index is 1030. The second-order valence-corrected chi connectivity index (χ2v) is 6.25. The van der Waals surface area contributed by atoms with Crippen LogP contribution in [0.5, 0.6) is 11.5 Å². The number of ketones is 1. The molecule has 140 valence electrons. The van der Waals surface area contributed by atoms with Gasteiger partial charge in [0.25, 0.3) is 0 Å². The summed E-state index contributed by atoms with van der Waals surface area (Å²) in [5.74, 6) is -0.0473. The maximum Gasteiger partial charge on any atom is 0.345 e. The Morgan fingerprint density at radius 1 is 0.893 bits per heavy atom. The summed E-state index contributed by atoms with van der Waals surface area (Å²) in [6.45, 7) is 0. The lowest BCUT2D eigenvalue weighted by Gasteiger charge is -2.10. The predicted molar refractivity (Wildman–Crippen MR) is 109 cm³/mol. The van der Waals surface area contributed by atoms with Gasteiger partial charge in [0, 0.05) is 5.56 Å². The zero-order valence-corrected chi connectivity index (χ0v) is 15.8. The monoisotopic (exact) mass is 392 g/mol. The minimum Gasteiger partial charge on any atom is -0.493 e. The summed E-state index contributed by atoms with van der Waals surface area (Å²) < 4.78 is 10.7. The molecule has 28 heavy (non-hydrogen) atoms. The molecule has 0 atom stereocenters. The molecule has 0 fully saturated rings. The first-order valence-electron chi connectivity index (χ1n) is 8.50. The molecular formula is C23H17ClO4. The van der Waals surface area contributed by atoms with Gasteiger partial charge in [0.05, 0.1) is 17.7 Å². The van der Waals surface area contributed by atoms with Gasteiger partial charge < -0.3 is 9.47 Å². The van der Waals surface area contributed by atoms with E-state index in [4.69, 9.17) is 21.1 Å². The van der Waals surface area contributed by atoms with Crippen molar-refractivity contribution in [3.63, 3.8) is 0 Å². The van der Waals surface area contributed by atoms with Crippen LogP contribution in [-0.4, -0.2) is 18.9 Å². The minimum absolute atomic E-state index is 0.103.